The second-order valence-corrected chi connectivity index (χ2v) is 7.02. The molecule has 1 atom stereocenters. The van der Waals surface area contributed by atoms with Crippen molar-refractivity contribution in [1.29, 1.82) is 5.26 Å². The number of hydrogen-bond donors (Lipinski definition) is 0. The molecule has 1 aliphatic rings. The van der Waals surface area contributed by atoms with E-state index in [4.69, 9.17) is 9.47 Å². The first-order valence-electron chi connectivity index (χ1n) is 7.88. The third kappa shape index (κ3) is 4.12. The SMILES string of the molecule is COCOc1ccc(/C=C/C2(C)C=C(C#N)C(=O)C(C)(C)C2)cc1. The Morgan fingerprint density at radius 3 is 2.50 bits per heavy atom. The quantitative estimate of drug-likeness (QED) is 0.764. The fourth-order valence-electron chi connectivity index (χ4n) is 3.12. The lowest BCUT2D eigenvalue weighted by Gasteiger charge is -2.37. The Bertz CT molecular complexity index is 707. The Labute approximate surface area is 143 Å². The summed E-state index contributed by atoms with van der Waals surface area (Å²) in [6.07, 6.45) is 6.53. The van der Waals surface area contributed by atoms with Crippen molar-refractivity contribution in [3.8, 4) is 11.8 Å². The van der Waals surface area contributed by atoms with E-state index >= 15 is 0 Å². The van der Waals surface area contributed by atoms with Gasteiger partial charge in [-0.1, -0.05) is 51.1 Å². The van der Waals surface area contributed by atoms with E-state index in [0.29, 0.717) is 6.42 Å². The fourth-order valence-corrected chi connectivity index (χ4v) is 3.12. The highest BCUT2D eigenvalue weighted by Gasteiger charge is 2.41. The van der Waals surface area contributed by atoms with Gasteiger partial charge in [-0.25, -0.2) is 0 Å². The number of nitriles is 1. The van der Waals surface area contributed by atoms with Crippen LogP contribution in [0.1, 0.15) is 32.8 Å². The van der Waals surface area contributed by atoms with E-state index in [-0.39, 0.29) is 23.6 Å². The molecule has 1 unspecified atom stereocenters. The summed E-state index contributed by atoms with van der Waals surface area (Å²) in [6.45, 7) is 6.06. The average molecular weight is 325 g/mol. The molecule has 0 aromatic heterocycles. The van der Waals surface area contributed by atoms with Crippen LogP contribution in [-0.2, 0) is 9.53 Å². The number of ketones is 1. The number of hydrogen-bond acceptors (Lipinski definition) is 4. The van der Waals surface area contributed by atoms with E-state index in [2.05, 4.69) is 6.08 Å². The van der Waals surface area contributed by atoms with Crippen molar-refractivity contribution in [3.05, 3.63) is 47.6 Å². The first kappa shape index (κ1) is 18.0. The van der Waals surface area contributed by atoms with E-state index in [0.717, 1.165) is 11.3 Å². The first-order chi connectivity index (χ1) is 11.3. The predicted octanol–water partition coefficient (Wildman–Crippen LogP) is 4.14. The number of carbonyl (C=O) groups is 1. The van der Waals surface area contributed by atoms with Crippen LogP contribution in [0.4, 0.5) is 0 Å². The topological polar surface area (TPSA) is 59.3 Å². The van der Waals surface area contributed by atoms with Crippen molar-refractivity contribution < 1.29 is 14.3 Å². The summed E-state index contributed by atoms with van der Waals surface area (Å²) >= 11 is 0. The minimum atomic E-state index is -0.531. The predicted molar refractivity (Wildman–Crippen MR) is 93.2 cm³/mol. The summed E-state index contributed by atoms with van der Waals surface area (Å²) in [6, 6.07) is 9.72. The monoisotopic (exact) mass is 325 g/mol. The largest absolute Gasteiger partial charge is 0.468 e. The van der Waals surface area contributed by atoms with Gasteiger partial charge in [-0.15, -0.1) is 0 Å². The van der Waals surface area contributed by atoms with Gasteiger partial charge in [0.1, 0.15) is 11.8 Å². The van der Waals surface area contributed by atoms with Crippen LogP contribution in [0.2, 0.25) is 0 Å². The molecule has 1 aromatic rings. The minimum absolute atomic E-state index is 0.0736. The molecule has 0 N–H and O–H groups in total. The fraction of sp³-hybridized carbons (Fsp3) is 0.400. The Morgan fingerprint density at radius 2 is 1.92 bits per heavy atom. The van der Waals surface area contributed by atoms with Crippen LogP contribution in [0.3, 0.4) is 0 Å². The van der Waals surface area contributed by atoms with Crippen molar-refractivity contribution >= 4 is 11.9 Å². The van der Waals surface area contributed by atoms with Crippen LogP contribution in [0.15, 0.2) is 42.0 Å². The molecule has 0 amide bonds. The summed E-state index contributed by atoms with van der Waals surface area (Å²) in [5, 5.41) is 9.23. The number of benzene rings is 1. The third-order valence-corrected chi connectivity index (χ3v) is 4.16. The van der Waals surface area contributed by atoms with Gasteiger partial charge in [0.15, 0.2) is 12.6 Å². The standard InChI is InChI=1S/C20H23NO3/c1-19(2)13-20(3,11-16(12-21)18(19)22)10-9-15-5-7-17(8-6-15)24-14-23-4/h5-11H,13-14H2,1-4H3/b10-9+. The highest BCUT2D eigenvalue weighted by Crippen LogP contribution is 2.43. The maximum Gasteiger partial charge on any atom is 0.188 e. The van der Waals surface area contributed by atoms with E-state index in [1.165, 1.54) is 0 Å². The molecule has 4 heteroatoms. The third-order valence-electron chi connectivity index (χ3n) is 4.16. The number of nitrogens with zero attached hydrogens (tertiary/aromatic N) is 1. The zero-order chi connectivity index (χ0) is 17.8. The molecule has 24 heavy (non-hydrogen) atoms. The molecular weight excluding hydrogens is 302 g/mol. The zero-order valence-electron chi connectivity index (χ0n) is 14.6. The molecule has 0 saturated heterocycles. The van der Waals surface area contributed by atoms with Gasteiger partial charge in [0.25, 0.3) is 0 Å². The lowest BCUT2D eigenvalue weighted by Crippen LogP contribution is -2.36. The van der Waals surface area contributed by atoms with Crippen molar-refractivity contribution in [2.45, 2.75) is 27.2 Å². The van der Waals surface area contributed by atoms with Gasteiger partial charge in [0, 0.05) is 17.9 Å². The molecule has 0 saturated carbocycles. The summed E-state index contributed by atoms with van der Waals surface area (Å²) in [4.78, 5) is 12.2. The van der Waals surface area contributed by atoms with Crippen LogP contribution in [0.25, 0.3) is 6.08 Å². The summed E-state index contributed by atoms with van der Waals surface area (Å²) < 4.78 is 10.2. The summed E-state index contributed by atoms with van der Waals surface area (Å²) in [5.41, 5.74) is 0.425. The van der Waals surface area contributed by atoms with Gasteiger partial charge in [-0.2, -0.15) is 5.26 Å². The van der Waals surface area contributed by atoms with Crippen LogP contribution in [0.5, 0.6) is 5.75 Å². The molecule has 1 aromatic carbocycles. The van der Waals surface area contributed by atoms with Gasteiger partial charge in [-0.05, 0) is 24.1 Å². The normalized spacial score (nSPS) is 23.0. The maximum absolute atomic E-state index is 12.2. The first-order valence-corrected chi connectivity index (χ1v) is 7.88. The number of rotatable bonds is 5. The van der Waals surface area contributed by atoms with Gasteiger partial charge in [-0.3, -0.25) is 4.79 Å². The van der Waals surface area contributed by atoms with Gasteiger partial charge in [0.05, 0.1) is 5.57 Å². The minimum Gasteiger partial charge on any atom is -0.468 e. The van der Waals surface area contributed by atoms with Crippen molar-refractivity contribution in [3.63, 3.8) is 0 Å². The molecule has 0 aliphatic heterocycles. The number of carbonyl (C=O) groups excluding carboxylic acids is 1. The Morgan fingerprint density at radius 1 is 1.25 bits per heavy atom. The molecule has 0 fully saturated rings. The lowest BCUT2D eigenvalue weighted by molar-refractivity contribution is -0.124. The Balaban J connectivity index is 2.19. The van der Waals surface area contributed by atoms with Crippen molar-refractivity contribution in [2.24, 2.45) is 10.8 Å². The van der Waals surface area contributed by atoms with Gasteiger partial charge >= 0.3 is 0 Å². The smallest absolute Gasteiger partial charge is 0.188 e. The molecule has 0 bridgehead atoms. The Hall–Kier alpha value is -2.38. The maximum atomic E-state index is 12.2. The van der Waals surface area contributed by atoms with Crippen molar-refractivity contribution in [2.75, 3.05) is 13.9 Å². The highest BCUT2D eigenvalue weighted by atomic mass is 16.7. The van der Waals surface area contributed by atoms with Gasteiger partial charge < -0.3 is 9.47 Å². The van der Waals surface area contributed by atoms with Crippen LogP contribution >= 0.6 is 0 Å². The molecule has 4 nitrogen and oxygen atoms in total. The van der Waals surface area contributed by atoms with Crippen LogP contribution < -0.4 is 4.74 Å². The van der Waals surface area contributed by atoms with E-state index in [1.54, 1.807) is 13.2 Å². The number of ether oxygens (including phenoxy) is 2. The highest BCUT2D eigenvalue weighted by molar-refractivity contribution is 6.03. The van der Waals surface area contributed by atoms with Crippen LogP contribution in [-0.4, -0.2) is 19.7 Å². The second-order valence-electron chi connectivity index (χ2n) is 7.02. The molecule has 2 rings (SSSR count). The number of methoxy groups -OCH3 is 1. The second kappa shape index (κ2) is 7.02. The number of allylic oxidation sites excluding steroid dienone is 3. The molecule has 0 radical (unpaired) electrons. The lowest BCUT2D eigenvalue weighted by atomic mass is 9.65. The molecule has 0 heterocycles. The van der Waals surface area contributed by atoms with E-state index < -0.39 is 5.41 Å². The summed E-state index contributed by atoms with van der Waals surface area (Å²) in [5.74, 6) is 0.673. The molecule has 1 aliphatic carbocycles. The summed E-state index contributed by atoms with van der Waals surface area (Å²) in [7, 11) is 1.58. The van der Waals surface area contributed by atoms with Crippen molar-refractivity contribution in [1.82, 2.24) is 0 Å². The molecular formula is C20H23NO3. The van der Waals surface area contributed by atoms with E-state index in [9.17, 15) is 10.1 Å². The zero-order valence-corrected chi connectivity index (χ0v) is 14.6. The molecule has 0 spiro atoms. The average Bonchev–Trinajstić information content (AvgIpc) is 2.55. The van der Waals surface area contributed by atoms with E-state index in [1.807, 2.05) is 57.2 Å². The molecule has 126 valence electrons. The van der Waals surface area contributed by atoms with Crippen LogP contribution in [0, 0.1) is 22.2 Å². The number of Topliss-reactive ketones (excluding diaryl/α,β-unsaturated/α-hetero) is 1. The van der Waals surface area contributed by atoms with Gasteiger partial charge in [0.2, 0.25) is 0 Å². The Kier molecular flexibility index (Phi) is 5.26.